The fourth-order valence-electron chi connectivity index (χ4n) is 3.80. The fourth-order valence-corrected chi connectivity index (χ4v) is 4.18. The molecular weight excluding hydrogens is 479 g/mol. The van der Waals surface area contributed by atoms with E-state index in [-0.39, 0.29) is 23.8 Å². The van der Waals surface area contributed by atoms with Crippen LogP contribution in [0, 0.1) is 5.82 Å². The highest BCUT2D eigenvalue weighted by molar-refractivity contribution is 9.10. The van der Waals surface area contributed by atoms with Crippen LogP contribution in [0.1, 0.15) is 27.5 Å². The molecule has 1 aliphatic rings. The second kappa shape index (κ2) is 9.00. The second-order valence-electron chi connectivity index (χ2n) is 7.23. The topological polar surface area (TPSA) is 67.9 Å². The normalized spacial score (nSPS) is 15.4. The van der Waals surface area contributed by atoms with E-state index in [9.17, 15) is 14.0 Å². The van der Waals surface area contributed by atoms with Gasteiger partial charge < -0.3 is 19.7 Å². The first kappa shape index (κ1) is 21.8. The number of amides is 2. The SMILES string of the molecule is COc1ccc(C(=O)N2CC(=O)Nc3ccc(Br)cc3[C@@H]2c2ccc(F)cc2)c(OC)c1. The zero-order chi connectivity index (χ0) is 22.8. The van der Waals surface area contributed by atoms with Crippen LogP contribution in [0.3, 0.4) is 0 Å². The molecule has 6 nitrogen and oxygen atoms in total. The number of nitrogens with zero attached hydrogens (tertiary/aromatic N) is 1. The number of halogens is 2. The van der Waals surface area contributed by atoms with Crippen LogP contribution in [0.5, 0.6) is 11.5 Å². The summed E-state index contributed by atoms with van der Waals surface area (Å²) in [5.41, 5.74) is 2.25. The number of hydrogen-bond acceptors (Lipinski definition) is 4. The van der Waals surface area contributed by atoms with Crippen molar-refractivity contribution in [2.75, 3.05) is 26.1 Å². The molecule has 1 N–H and O–H groups in total. The summed E-state index contributed by atoms with van der Waals surface area (Å²) in [6, 6.07) is 15.6. The zero-order valence-electron chi connectivity index (χ0n) is 17.4. The van der Waals surface area contributed by atoms with E-state index >= 15 is 0 Å². The lowest BCUT2D eigenvalue weighted by molar-refractivity contribution is -0.117. The largest absolute Gasteiger partial charge is 0.497 e. The van der Waals surface area contributed by atoms with Gasteiger partial charge in [-0.25, -0.2) is 4.39 Å². The number of nitrogens with one attached hydrogen (secondary N) is 1. The minimum atomic E-state index is -0.638. The smallest absolute Gasteiger partial charge is 0.258 e. The number of benzene rings is 3. The maximum atomic E-state index is 13.8. The Morgan fingerprint density at radius 1 is 1.06 bits per heavy atom. The molecule has 0 aromatic heterocycles. The van der Waals surface area contributed by atoms with E-state index in [0.29, 0.717) is 28.3 Å². The number of fused-ring (bicyclic) bond motifs is 1. The van der Waals surface area contributed by atoms with Gasteiger partial charge in [-0.1, -0.05) is 28.1 Å². The first-order chi connectivity index (χ1) is 15.4. The van der Waals surface area contributed by atoms with Gasteiger partial charge in [-0.3, -0.25) is 9.59 Å². The first-order valence-corrected chi connectivity index (χ1v) is 10.6. The summed E-state index contributed by atoms with van der Waals surface area (Å²) in [5, 5.41) is 2.86. The Balaban J connectivity index is 1.89. The van der Waals surface area contributed by atoms with Gasteiger partial charge in [-0.2, -0.15) is 0 Å². The van der Waals surface area contributed by atoms with Crippen molar-refractivity contribution in [2.45, 2.75) is 6.04 Å². The molecular formula is C24H20BrFN2O4. The van der Waals surface area contributed by atoms with Crippen molar-refractivity contribution in [1.29, 1.82) is 0 Å². The highest BCUT2D eigenvalue weighted by atomic mass is 79.9. The number of methoxy groups -OCH3 is 2. The zero-order valence-corrected chi connectivity index (χ0v) is 19.0. The van der Waals surface area contributed by atoms with Crippen molar-refractivity contribution >= 4 is 33.4 Å². The van der Waals surface area contributed by atoms with E-state index in [2.05, 4.69) is 21.2 Å². The molecule has 0 unspecified atom stereocenters. The highest BCUT2D eigenvalue weighted by Gasteiger charge is 2.35. The second-order valence-corrected chi connectivity index (χ2v) is 8.15. The monoisotopic (exact) mass is 498 g/mol. The van der Waals surface area contributed by atoms with Gasteiger partial charge >= 0.3 is 0 Å². The molecule has 0 spiro atoms. The fraction of sp³-hybridized carbons (Fsp3) is 0.167. The lowest BCUT2D eigenvalue weighted by atomic mass is 9.95. The Labute approximate surface area is 193 Å². The third-order valence-corrected chi connectivity index (χ3v) is 5.79. The Hall–Kier alpha value is -3.39. The third kappa shape index (κ3) is 4.18. The Morgan fingerprint density at radius 2 is 1.81 bits per heavy atom. The summed E-state index contributed by atoms with van der Waals surface area (Å²) < 4.78 is 25.1. The summed E-state index contributed by atoms with van der Waals surface area (Å²) in [5.74, 6) is -0.260. The quantitative estimate of drug-likeness (QED) is 0.561. The van der Waals surface area contributed by atoms with Crippen LogP contribution in [0.2, 0.25) is 0 Å². The number of carbonyl (C=O) groups excluding carboxylic acids is 2. The van der Waals surface area contributed by atoms with Crippen LogP contribution in [-0.2, 0) is 4.79 Å². The summed E-state index contributed by atoms with van der Waals surface area (Å²) in [4.78, 5) is 28.0. The van der Waals surface area contributed by atoms with Crippen LogP contribution in [0.4, 0.5) is 10.1 Å². The minimum Gasteiger partial charge on any atom is -0.497 e. The molecule has 8 heteroatoms. The average Bonchev–Trinajstić information content (AvgIpc) is 2.94. The van der Waals surface area contributed by atoms with Gasteiger partial charge in [-0.05, 0) is 48.0 Å². The van der Waals surface area contributed by atoms with Crippen molar-refractivity contribution in [1.82, 2.24) is 4.90 Å². The maximum Gasteiger partial charge on any atom is 0.258 e. The number of anilines is 1. The Morgan fingerprint density at radius 3 is 2.50 bits per heavy atom. The number of carbonyl (C=O) groups is 2. The molecule has 1 heterocycles. The lowest BCUT2D eigenvalue weighted by Crippen LogP contribution is -2.39. The van der Waals surface area contributed by atoms with E-state index in [1.807, 2.05) is 12.1 Å². The Kier molecular flexibility index (Phi) is 6.14. The Bertz CT molecular complexity index is 1180. The van der Waals surface area contributed by atoms with Crippen LogP contribution in [0.25, 0.3) is 0 Å². The first-order valence-electron chi connectivity index (χ1n) is 9.79. The molecule has 2 amide bonds. The standard InChI is InChI=1S/C24H20BrFN2O4/c1-31-17-8-9-18(21(12-17)32-2)24(30)28-13-22(29)27-20-10-5-15(25)11-19(20)23(28)14-3-6-16(26)7-4-14/h3-12,23H,13H2,1-2H3,(H,27,29)/t23-/m0/s1. The average molecular weight is 499 g/mol. The predicted molar refractivity (Wildman–Crippen MR) is 122 cm³/mol. The van der Waals surface area contributed by atoms with Gasteiger partial charge in [-0.15, -0.1) is 0 Å². The van der Waals surface area contributed by atoms with Crippen molar-refractivity contribution in [3.05, 3.63) is 87.6 Å². The molecule has 1 aliphatic heterocycles. The van der Waals surface area contributed by atoms with Gasteiger partial charge in [0, 0.05) is 21.8 Å². The van der Waals surface area contributed by atoms with E-state index < -0.39 is 11.9 Å². The highest BCUT2D eigenvalue weighted by Crippen LogP contribution is 2.39. The van der Waals surface area contributed by atoms with Gasteiger partial charge in [0.2, 0.25) is 5.91 Å². The minimum absolute atomic E-state index is 0.192. The molecule has 3 aromatic carbocycles. The van der Waals surface area contributed by atoms with Crippen molar-refractivity contribution in [3.8, 4) is 11.5 Å². The molecule has 0 aliphatic carbocycles. The molecule has 32 heavy (non-hydrogen) atoms. The van der Waals surface area contributed by atoms with E-state index in [0.717, 1.165) is 4.47 Å². The predicted octanol–water partition coefficient (Wildman–Crippen LogP) is 4.79. The van der Waals surface area contributed by atoms with Crippen LogP contribution >= 0.6 is 15.9 Å². The number of rotatable bonds is 4. The maximum absolute atomic E-state index is 13.8. The number of ether oxygens (including phenoxy) is 2. The van der Waals surface area contributed by atoms with E-state index in [4.69, 9.17) is 9.47 Å². The molecule has 0 bridgehead atoms. The molecule has 4 rings (SSSR count). The van der Waals surface area contributed by atoms with Gasteiger partial charge in [0.15, 0.2) is 0 Å². The van der Waals surface area contributed by atoms with Gasteiger partial charge in [0.25, 0.3) is 5.91 Å². The molecule has 1 atom stereocenters. The van der Waals surface area contributed by atoms with Crippen molar-refractivity contribution < 1.29 is 23.5 Å². The van der Waals surface area contributed by atoms with E-state index in [1.54, 1.807) is 36.4 Å². The molecule has 0 radical (unpaired) electrons. The van der Waals surface area contributed by atoms with Crippen LogP contribution in [0.15, 0.2) is 65.1 Å². The van der Waals surface area contributed by atoms with E-state index in [1.165, 1.54) is 31.3 Å². The van der Waals surface area contributed by atoms with Crippen molar-refractivity contribution in [3.63, 3.8) is 0 Å². The lowest BCUT2D eigenvalue weighted by Gasteiger charge is -2.31. The summed E-state index contributed by atoms with van der Waals surface area (Å²) >= 11 is 3.47. The molecule has 164 valence electrons. The molecule has 3 aromatic rings. The molecule has 0 saturated heterocycles. The van der Waals surface area contributed by atoms with Crippen LogP contribution < -0.4 is 14.8 Å². The molecule has 0 saturated carbocycles. The van der Waals surface area contributed by atoms with Gasteiger partial charge in [0.05, 0.1) is 25.8 Å². The van der Waals surface area contributed by atoms with Crippen molar-refractivity contribution in [2.24, 2.45) is 0 Å². The summed E-state index contributed by atoms with van der Waals surface area (Å²) in [6.45, 7) is -0.192. The van der Waals surface area contributed by atoms with Crippen LogP contribution in [-0.4, -0.2) is 37.5 Å². The molecule has 0 fully saturated rings. The summed E-state index contributed by atoms with van der Waals surface area (Å²) in [7, 11) is 2.99. The summed E-state index contributed by atoms with van der Waals surface area (Å²) in [6.07, 6.45) is 0. The third-order valence-electron chi connectivity index (χ3n) is 5.29. The van der Waals surface area contributed by atoms with Gasteiger partial charge in [0.1, 0.15) is 23.9 Å². The number of hydrogen-bond donors (Lipinski definition) is 1.